The first-order valence-electron chi connectivity index (χ1n) is 11.0. The largest absolute Gasteiger partial charge is 0.381 e. The summed E-state index contributed by atoms with van der Waals surface area (Å²) in [7, 11) is 0. The number of fused-ring (bicyclic) bond motifs is 3. The molecule has 1 aromatic rings. The van der Waals surface area contributed by atoms with Crippen LogP contribution >= 0.6 is 0 Å². The van der Waals surface area contributed by atoms with E-state index in [2.05, 4.69) is 24.8 Å². The lowest BCUT2D eigenvalue weighted by Crippen LogP contribution is -2.43. The molecule has 4 aliphatic rings. The maximum Gasteiger partial charge on any atom is 0.266 e. The Bertz CT molecular complexity index is 1240. The van der Waals surface area contributed by atoms with E-state index in [1.807, 2.05) is 6.07 Å². The van der Waals surface area contributed by atoms with Gasteiger partial charge >= 0.3 is 0 Å². The summed E-state index contributed by atoms with van der Waals surface area (Å²) >= 11 is 0. The molecule has 1 fully saturated rings. The molecule has 0 aromatic heterocycles. The molecule has 4 heterocycles. The molecule has 0 spiro atoms. The zero-order valence-electron chi connectivity index (χ0n) is 18.2. The molecule has 7 nitrogen and oxygen atoms in total. The number of aryl methyl sites for hydroxylation is 1. The normalized spacial score (nSPS) is 18.1. The lowest BCUT2D eigenvalue weighted by molar-refractivity contribution is 0.0523. The number of halogens is 3. The number of anilines is 1. The minimum absolute atomic E-state index is 0.0904. The zero-order chi connectivity index (χ0) is 23.2. The van der Waals surface area contributed by atoms with E-state index in [1.54, 1.807) is 6.92 Å². The smallest absolute Gasteiger partial charge is 0.266 e. The molecule has 0 radical (unpaired) electrons. The second kappa shape index (κ2) is 8.42. The van der Waals surface area contributed by atoms with Crippen molar-refractivity contribution in [2.24, 2.45) is 10.7 Å². The van der Waals surface area contributed by atoms with Crippen molar-refractivity contribution in [2.75, 3.05) is 25.1 Å². The van der Waals surface area contributed by atoms with Crippen LogP contribution in [0.1, 0.15) is 41.8 Å². The van der Waals surface area contributed by atoms with Crippen molar-refractivity contribution >= 4 is 5.82 Å². The van der Waals surface area contributed by atoms with Gasteiger partial charge in [-0.05, 0) is 25.8 Å². The monoisotopic (exact) mass is 458 g/mol. The number of hydrogen-bond acceptors (Lipinski definition) is 6. The highest BCUT2D eigenvalue weighted by Gasteiger charge is 2.36. The third-order valence-electron chi connectivity index (χ3n) is 6.38. The molecular weight excluding hydrogens is 433 g/mol. The molecule has 1 aromatic carbocycles. The van der Waals surface area contributed by atoms with E-state index in [-0.39, 0.29) is 12.1 Å². The highest BCUT2D eigenvalue weighted by atomic mass is 19.3. The zero-order valence-corrected chi connectivity index (χ0v) is 18.2. The Morgan fingerprint density at radius 1 is 1.27 bits per heavy atom. The molecule has 3 N–H and O–H groups in total. The number of hydrogen-bond donors (Lipinski definition) is 2. The van der Waals surface area contributed by atoms with Crippen molar-refractivity contribution in [1.82, 2.24) is 14.5 Å². The van der Waals surface area contributed by atoms with Crippen LogP contribution < -0.4 is 16.5 Å². The van der Waals surface area contributed by atoms with Gasteiger partial charge in [0.1, 0.15) is 23.3 Å². The van der Waals surface area contributed by atoms with E-state index in [9.17, 15) is 13.2 Å². The SMILES string of the molecule is Cc1nc2n3c(c(C4(N)CCOCC4)cc-2c(=NCc2cccc(C(F)F)c2F)n1)NCC3. The molecule has 174 valence electrons. The molecule has 0 saturated carbocycles. The lowest BCUT2D eigenvalue weighted by atomic mass is 9.83. The minimum Gasteiger partial charge on any atom is -0.381 e. The van der Waals surface area contributed by atoms with Gasteiger partial charge in [0.25, 0.3) is 6.43 Å². The standard InChI is InChI=1S/C23H25F3N6O/c1-13-30-20(29-12-14-3-2-4-15(18(14)24)19(25)26)16-11-17(23(27)5-9-33-10-6-23)22-28-7-8-32(22)21(16)31-13/h2-4,11,19,28H,5-10,12,27H2,1H3. The average Bonchev–Trinajstić information content (AvgIpc) is 3.28. The third kappa shape index (κ3) is 3.87. The van der Waals surface area contributed by atoms with E-state index >= 15 is 0 Å². The van der Waals surface area contributed by atoms with Gasteiger partial charge in [-0.15, -0.1) is 0 Å². The number of benzene rings is 1. The molecule has 0 bridgehead atoms. The van der Waals surface area contributed by atoms with E-state index < -0.39 is 23.3 Å². The number of rotatable bonds is 4. The first-order chi connectivity index (χ1) is 15.9. The number of nitrogens with one attached hydrogen (secondary N) is 1. The third-order valence-corrected chi connectivity index (χ3v) is 6.38. The van der Waals surface area contributed by atoms with Crippen molar-refractivity contribution in [3.63, 3.8) is 0 Å². The van der Waals surface area contributed by atoms with Gasteiger partial charge < -0.3 is 20.4 Å². The summed E-state index contributed by atoms with van der Waals surface area (Å²) in [6.45, 7) is 4.27. The Balaban J connectivity index is 1.66. The summed E-state index contributed by atoms with van der Waals surface area (Å²) < 4.78 is 48.3. The number of alkyl halides is 2. The topological polar surface area (TPSA) is 90.4 Å². The summed E-state index contributed by atoms with van der Waals surface area (Å²) in [6.07, 6.45) is -1.53. The molecule has 0 amide bonds. The first-order valence-corrected chi connectivity index (χ1v) is 11.0. The van der Waals surface area contributed by atoms with Crippen LogP contribution in [0.25, 0.3) is 11.4 Å². The van der Waals surface area contributed by atoms with Crippen LogP contribution in [0.3, 0.4) is 0 Å². The van der Waals surface area contributed by atoms with Crippen LogP contribution in [-0.4, -0.2) is 34.3 Å². The van der Waals surface area contributed by atoms with Gasteiger partial charge in [-0.25, -0.2) is 23.1 Å². The summed E-state index contributed by atoms with van der Waals surface area (Å²) in [6, 6.07) is 5.92. The first kappa shape index (κ1) is 21.8. The average molecular weight is 458 g/mol. The number of nitrogens with two attached hydrogens (primary N) is 1. The Morgan fingerprint density at radius 3 is 2.82 bits per heavy atom. The predicted octanol–water partition coefficient (Wildman–Crippen LogP) is 3.26. The second-order valence-electron chi connectivity index (χ2n) is 8.52. The maximum atomic E-state index is 14.5. The summed E-state index contributed by atoms with van der Waals surface area (Å²) in [4.78, 5) is 13.7. The Kier molecular flexibility index (Phi) is 5.57. The van der Waals surface area contributed by atoms with Crippen LogP contribution in [0, 0.1) is 12.7 Å². The second-order valence-corrected chi connectivity index (χ2v) is 8.52. The van der Waals surface area contributed by atoms with Gasteiger partial charge in [-0.2, -0.15) is 0 Å². The van der Waals surface area contributed by atoms with Crippen molar-refractivity contribution in [2.45, 2.75) is 44.8 Å². The summed E-state index contributed by atoms with van der Waals surface area (Å²) in [5.74, 6) is 1.23. The Morgan fingerprint density at radius 2 is 2.06 bits per heavy atom. The van der Waals surface area contributed by atoms with Gasteiger partial charge in [0.05, 0.1) is 17.7 Å². The van der Waals surface area contributed by atoms with E-state index in [0.717, 1.165) is 24.0 Å². The fourth-order valence-corrected chi connectivity index (χ4v) is 4.60. The molecule has 10 heteroatoms. The van der Waals surface area contributed by atoms with Gasteiger partial charge in [-0.3, -0.25) is 4.99 Å². The van der Waals surface area contributed by atoms with Crippen molar-refractivity contribution in [3.8, 4) is 11.4 Å². The number of aromatic nitrogens is 3. The summed E-state index contributed by atoms with van der Waals surface area (Å²) in [5, 5.41) is 3.43. The highest BCUT2D eigenvalue weighted by molar-refractivity contribution is 5.67. The molecule has 0 aliphatic carbocycles. The van der Waals surface area contributed by atoms with Crippen molar-refractivity contribution in [1.29, 1.82) is 0 Å². The lowest BCUT2D eigenvalue weighted by Gasteiger charge is -2.35. The van der Waals surface area contributed by atoms with E-state index in [0.29, 0.717) is 55.3 Å². The molecule has 5 rings (SSSR count). The van der Waals surface area contributed by atoms with Crippen LogP contribution in [0.5, 0.6) is 0 Å². The van der Waals surface area contributed by atoms with Crippen LogP contribution in [0.15, 0.2) is 29.3 Å². The van der Waals surface area contributed by atoms with Gasteiger partial charge in [0.2, 0.25) is 0 Å². The molecule has 0 unspecified atom stereocenters. The van der Waals surface area contributed by atoms with E-state index in [4.69, 9.17) is 10.5 Å². The number of pyridine rings is 1. The Hall–Kier alpha value is -2.98. The number of nitrogens with zero attached hydrogens (tertiary/aromatic N) is 4. The molecular formula is C23H25F3N6O. The number of ether oxygens (including phenoxy) is 1. The molecule has 33 heavy (non-hydrogen) atoms. The quantitative estimate of drug-likeness (QED) is 0.627. The molecule has 4 aliphatic heterocycles. The minimum atomic E-state index is -2.89. The predicted molar refractivity (Wildman–Crippen MR) is 116 cm³/mol. The van der Waals surface area contributed by atoms with Crippen molar-refractivity contribution in [3.05, 3.63) is 58.1 Å². The highest BCUT2D eigenvalue weighted by Crippen LogP contribution is 2.39. The van der Waals surface area contributed by atoms with Gasteiger partial charge in [0, 0.05) is 43.0 Å². The Labute approximate surface area is 188 Å². The molecule has 0 atom stereocenters. The van der Waals surface area contributed by atoms with Crippen LogP contribution in [-0.2, 0) is 23.4 Å². The molecule has 1 saturated heterocycles. The fourth-order valence-electron chi connectivity index (χ4n) is 4.60. The van der Waals surface area contributed by atoms with Crippen LogP contribution in [0.4, 0.5) is 19.0 Å². The van der Waals surface area contributed by atoms with Gasteiger partial charge in [0.15, 0.2) is 5.49 Å². The summed E-state index contributed by atoms with van der Waals surface area (Å²) in [5.41, 5.74) is 7.76. The van der Waals surface area contributed by atoms with Crippen LogP contribution in [0.2, 0.25) is 0 Å². The van der Waals surface area contributed by atoms with E-state index in [1.165, 1.54) is 12.1 Å². The fraction of sp³-hybridized carbons (Fsp3) is 0.435. The van der Waals surface area contributed by atoms with Crippen molar-refractivity contribution < 1.29 is 17.9 Å². The maximum absolute atomic E-state index is 14.5. The van der Waals surface area contributed by atoms with Gasteiger partial charge in [-0.1, -0.05) is 18.2 Å².